The molecule has 3 unspecified atom stereocenters. The summed E-state index contributed by atoms with van der Waals surface area (Å²) < 4.78 is 16.8. The fourth-order valence-corrected chi connectivity index (χ4v) is 7.25. The van der Waals surface area contributed by atoms with Gasteiger partial charge in [-0.2, -0.15) is 0 Å². The second kappa shape index (κ2) is 36.1. The van der Waals surface area contributed by atoms with Gasteiger partial charge in [0.1, 0.15) is 0 Å². The fourth-order valence-electron chi connectivity index (χ4n) is 7.25. The van der Waals surface area contributed by atoms with Crippen molar-refractivity contribution in [2.45, 2.75) is 194 Å². The molecule has 0 aromatic rings. The Balaban J connectivity index is 2.29. The van der Waals surface area contributed by atoms with E-state index in [1.165, 1.54) is 64.5 Å². The molecule has 0 saturated carbocycles. The second-order valence-corrected chi connectivity index (χ2v) is 15.9. The zero-order chi connectivity index (χ0) is 39.3. The average Bonchev–Trinajstić information content (AvgIpc) is 3.68. The number of ether oxygens (including phenoxy) is 3. The molecule has 3 atom stereocenters. The number of unbranched alkanes of at least 4 members (excludes halogenated alkanes) is 12. The largest absolute Gasteiger partial charge is 0.466 e. The molecule has 0 aromatic carbocycles. The quantitative estimate of drug-likeness (QED) is 0.0272. The Bertz CT molecular complexity index is 1060. The number of esters is 3. The maximum atomic E-state index is 13.1. The van der Waals surface area contributed by atoms with Crippen molar-refractivity contribution < 1.29 is 28.6 Å². The molecule has 0 aliphatic carbocycles. The predicted octanol–water partition coefficient (Wildman–Crippen LogP) is 12.0. The van der Waals surface area contributed by atoms with Gasteiger partial charge in [0.15, 0.2) is 0 Å². The molecule has 0 bridgehead atoms. The van der Waals surface area contributed by atoms with Crippen molar-refractivity contribution in [3.8, 4) is 0 Å². The number of nitrogens with zero attached hydrogens (tertiary/aromatic N) is 1. The topological polar surface area (TPSA) is 82.1 Å². The SMILES string of the molecule is C=C=C=C=CC(CCCCC)CCOC(=O)CCCCCCCC(CCCCCCCC(=O)OCCC(C)CCCCC)C(=O)OCCCN1CCCC1. The Labute approximate surface area is 331 Å². The summed E-state index contributed by atoms with van der Waals surface area (Å²) in [4.78, 5) is 40.1. The summed E-state index contributed by atoms with van der Waals surface area (Å²) in [7, 11) is 0. The third kappa shape index (κ3) is 29.8. The van der Waals surface area contributed by atoms with Gasteiger partial charge in [-0.3, -0.25) is 14.4 Å². The van der Waals surface area contributed by atoms with Gasteiger partial charge in [0.25, 0.3) is 0 Å². The van der Waals surface area contributed by atoms with Gasteiger partial charge in [0.2, 0.25) is 0 Å². The first-order valence-electron chi connectivity index (χ1n) is 22.5. The second-order valence-electron chi connectivity index (χ2n) is 15.9. The molecular weight excluding hydrogens is 675 g/mol. The zero-order valence-corrected chi connectivity index (χ0v) is 35.2. The van der Waals surface area contributed by atoms with E-state index in [1.54, 1.807) is 0 Å². The van der Waals surface area contributed by atoms with E-state index in [2.05, 4.69) is 49.4 Å². The normalized spacial score (nSPS) is 14.4. The Morgan fingerprint density at radius 1 is 0.630 bits per heavy atom. The monoisotopic (exact) mass is 756 g/mol. The lowest BCUT2D eigenvalue weighted by atomic mass is 9.94. The Hall–Kier alpha value is -2.55. The summed E-state index contributed by atoms with van der Waals surface area (Å²) in [5, 5.41) is 0. The fraction of sp³-hybridized carbons (Fsp3) is 0.830. The molecule has 1 saturated heterocycles. The summed E-state index contributed by atoms with van der Waals surface area (Å²) in [5.74, 6) is 0.688. The molecule has 7 heteroatoms. The van der Waals surface area contributed by atoms with E-state index in [0.29, 0.717) is 44.5 Å². The van der Waals surface area contributed by atoms with Gasteiger partial charge in [-0.25, -0.2) is 0 Å². The van der Waals surface area contributed by atoms with Gasteiger partial charge in [0.05, 0.1) is 25.7 Å². The summed E-state index contributed by atoms with van der Waals surface area (Å²) >= 11 is 0. The molecule has 54 heavy (non-hydrogen) atoms. The van der Waals surface area contributed by atoms with Gasteiger partial charge >= 0.3 is 17.9 Å². The van der Waals surface area contributed by atoms with Crippen molar-refractivity contribution >= 4 is 17.9 Å². The third-order valence-corrected chi connectivity index (χ3v) is 10.8. The standard InChI is InChI=1S/C47H81NO6/c1-5-8-17-27-42(4)34-40-52-45(49)32-22-15-11-13-20-30-44(47(51)54-39-26-38-48-36-24-25-37-48)31-21-14-12-16-23-33-46(50)53-41-35-43(28-18-9-6-2)29-19-10-7-3/h28,42-44H,2,5,7-8,10-17,19-27,29-41H2,1,3-4H3. The molecule has 0 amide bonds. The van der Waals surface area contributed by atoms with Crippen LogP contribution >= 0.6 is 0 Å². The first-order chi connectivity index (χ1) is 26.4. The molecule has 1 fully saturated rings. The van der Waals surface area contributed by atoms with E-state index in [0.717, 1.165) is 116 Å². The van der Waals surface area contributed by atoms with Crippen LogP contribution in [0.25, 0.3) is 0 Å². The third-order valence-electron chi connectivity index (χ3n) is 10.8. The molecule has 1 aliphatic heterocycles. The van der Waals surface area contributed by atoms with Crippen LogP contribution in [0, 0.1) is 17.8 Å². The van der Waals surface area contributed by atoms with Crippen LogP contribution in [0.15, 0.2) is 29.8 Å². The minimum absolute atomic E-state index is 0.0297. The number of allylic oxidation sites excluding steroid dienone is 1. The number of hydrogen-bond acceptors (Lipinski definition) is 7. The molecule has 0 radical (unpaired) electrons. The lowest BCUT2D eigenvalue weighted by Crippen LogP contribution is -2.23. The Morgan fingerprint density at radius 3 is 1.76 bits per heavy atom. The van der Waals surface area contributed by atoms with Gasteiger partial charge < -0.3 is 19.1 Å². The van der Waals surface area contributed by atoms with Crippen LogP contribution in [-0.4, -0.2) is 62.3 Å². The molecule has 1 rings (SSSR count). The van der Waals surface area contributed by atoms with Gasteiger partial charge in [-0.1, -0.05) is 129 Å². The van der Waals surface area contributed by atoms with E-state index in [9.17, 15) is 14.4 Å². The first-order valence-corrected chi connectivity index (χ1v) is 22.5. The number of hydrogen-bond donors (Lipinski definition) is 0. The molecule has 310 valence electrons. The van der Waals surface area contributed by atoms with Gasteiger partial charge in [-0.15, -0.1) is 0 Å². The van der Waals surface area contributed by atoms with E-state index >= 15 is 0 Å². The van der Waals surface area contributed by atoms with Crippen molar-refractivity contribution in [2.24, 2.45) is 17.8 Å². The minimum atomic E-state index is -0.113. The van der Waals surface area contributed by atoms with Crippen LogP contribution in [0.2, 0.25) is 0 Å². The first kappa shape index (κ1) is 49.5. The molecule has 1 aliphatic rings. The highest BCUT2D eigenvalue weighted by Gasteiger charge is 2.20. The Morgan fingerprint density at radius 2 is 1.17 bits per heavy atom. The van der Waals surface area contributed by atoms with Crippen LogP contribution < -0.4 is 0 Å². The minimum Gasteiger partial charge on any atom is -0.466 e. The summed E-state index contributed by atoms with van der Waals surface area (Å²) in [6.45, 7) is 15.0. The lowest BCUT2D eigenvalue weighted by Gasteiger charge is -2.18. The number of rotatable bonds is 36. The van der Waals surface area contributed by atoms with Gasteiger partial charge in [-0.05, 0) is 108 Å². The molecule has 7 nitrogen and oxygen atoms in total. The van der Waals surface area contributed by atoms with Crippen LogP contribution in [0.3, 0.4) is 0 Å². The lowest BCUT2D eigenvalue weighted by molar-refractivity contribution is -0.149. The smallest absolute Gasteiger partial charge is 0.308 e. The van der Waals surface area contributed by atoms with Crippen molar-refractivity contribution in [1.29, 1.82) is 0 Å². The van der Waals surface area contributed by atoms with Crippen LogP contribution in [0.4, 0.5) is 0 Å². The van der Waals surface area contributed by atoms with Crippen LogP contribution in [-0.2, 0) is 28.6 Å². The average molecular weight is 756 g/mol. The Kier molecular flexibility index (Phi) is 33.1. The van der Waals surface area contributed by atoms with Crippen molar-refractivity contribution in [3.05, 3.63) is 29.8 Å². The van der Waals surface area contributed by atoms with E-state index < -0.39 is 0 Å². The summed E-state index contributed by atoms with van der Waals surface area (Å²) in [6.07, 6.45) is 29.5. The predicted molar refractivity (Wildman–Crippen MR) is 222 cm³/mol. The van der Waals surface area contributed by atoms with Crippen molar-refractivity contribution in [3.63, 3.8) is 0 Å². The molecule has 0 aromatic heterocycles. The molecular formula is C47H81NO6. The maximum absolute atomic E-state index is 13.1. The van der Waals surface area contributed by atoms with Crippen molar-refractivity contribution in [2.75, 3.05) is 39.5 Å². The number of carbonyl (C=O) groups is 3. The highest BCUT2D eigenvalue weighted by Crippen LogP contribution is 2.22. The highest BCUT2D eigenvalue weighted by atomic mass is 16.5. The number of likely N-dealkylation sites (tertiary alicyclic amines) is 1. The van der Waals surface area contributed by atoms with E-state index in [4.69, 9.17) is 14.2 Å². The van der Waals surface area contributed by atoms with Crippen LogP contribution in [0.1, 0.15) is 194 Å². The molecule has 0 N–H and O–H groups in total. The molecule has 1 heterocycles. The van der Waals surface area contributed by atoms with Crippen molar-refractivity contribution in [1.82, 2.24) is 4.90 Å². The highest BCUT2D eigenvalue weighted by molar-refractivity contribution is 5.72. The van der Waals surface area contributed by atoms with E-state index in [-0.39, 0.29) is 23.8 Å². The summed E-state index contributed by atoms with van der Waals surface area (Å²) in [5.41, 5.74) is 8.37. The summed E-state index contributed by atoms with van der Waals surface area (Å²) in [6, 6.07) is 0. The number of carbonyl (C=O) groups excluding carboxylic acids is 3. The zero-order valence-electron chi connectivity index (χ0n) is 35.2. The molecule has 0 spiro atoms. The van der Waals surface area contributed by atoms with E-state index in [1.807, 2.05) is 6.08 Å². The maximum Gasteiger partial charge on any atom is 0.308 e. The van der Waals surface area contributed by atoms with Crippen LogP contribution in [0.5, 0.6) is 0 Å². The van der Waals surface area contributed by atoms with Gasteiger partial charge in [0, 0.05) is 19.4 Å².